The summed E-state index contributed by atoms with van der Waals surface area (Å²) in [5.74, 6) is 0.374. The fraction of sp³-hybridized carbons (Fsp3) is 0.583. The van der Waals surface area contributed by atoms with Crippen molar-refractivity contribution in [3.63, 3.8) is 0 Å². The van der Waals surface area contributed by atoms with Gasteiger partial charge < -0.3 is 0 Å². The van der Waals surface area contributed by atoms with E-state index in [4.69, 9.17) is 0 Å². The highest BCUT2D eigenvalue weighted by Gasteiger charge is 2.23. The first-order chi connectivity index (χ1) is 7.65. The van der Waals surface area contributed by atoms with E-state index in [0.717, 1.165) is 24.5 Å². The maximum absolute atomic E-state index is 11.3. The lowest BCUT2D eigenvalue weighted by atomic mass is 10.0. The number of nitrogens with zero attached hydrogens (tertiary/aromatic N) is 3. The molecule has 4 nitrogen and oxygen atoms in total. The molecule has 0 amide bonds. The van der Waals surface area contributed by atoms with Crippen molar-refractivity contribution in [2.24, 2.45) is 0 Å². The molecule has 0 radical (unpaired) electrons. The topological polar surface area (TPSA) is 46.1 Å². The molecule has 0 saturated carbocycles. The second-order valence-corrected chi connectivity index (χ2v) is 4.46. The first-order valence-electron chi connectivity index (χ1n) is 5.68. The van der Waals surface area contributed by atoms with Crippen LogP contribution >= 0.6 is 0 Å². The molecule has 0 aliphatic carbocycles. The largest absolute Gasteiger partial charge is 0.300 e. The Hall–Kier alpha value is -1.29. The van der Waals surface area contributed by atoms with Gasteiger partial charge in [-0.2, -0.15) is 0 Å². The van der Waals surface area contributed by atoms with Crippen molar-refractivity contribution in [1.29, 1.82) is 0 Å². The smallest absolute Gasteiger partial charge is 0.135 e. The fourth-order valence-corrected chi connectivity index (χ4v) is 1.99. The molecule has 1 aromatic rings. The summed E-state index contributed by atoms with van der Waals surface area (Å²) in [6.45, 7) is 5.66. The van der Waals surface area contributed by atoms with E-state index in [2.05, 4.69) is 21.8 Å². The summed E-state index contributed by atoms with van der Waals surface area (Å²) in [5.41, 5.74) is 1.91. The molecule has 1 unspecified atom stereocenters. The van der Waals surface area contributed by atoms with Gasteiger partial charge >= 0.3 is 0 Å². The maximum atomic E-state index is 11.3. The Balaban J connectivity index is 1.99. The van der Waals surface area contributed by atoms with Crippen LogP contribution in [0, 0.1) is 6.92 Å². The first-order valence-corrected chi connectivity index (χ1v) is 5.68. The van der Waals surface area contributed by atoms with E-state index in [-0.39, 0.29) is 0 Å². The van der Waals surface area contributed by atoms with Crippen molar-refractivity contribution in [2.75, 3.05) is 6.54 Å². The number of carbonyl (C=O) groups excluding carboxylic acids is 1. The van der Waals surface area contributed by atoms with E-state index >= 15 is 0 Å². The summed E-state index contributed by atoms with van der Waals surface area (Å²) in [5, 5.41) is 0. The zero-order chi connectivity index (χ0) is 11.5. The third kappa shape index (κ3) is 2.64. The monoisotopic (exact) mass is 219 g/mol. The molecule has 16 heavy (non-hydrogen) atoms. The van der Waals surface area contributed by atoms with E-state index in [1.807, 2.05) is 13.1 Å². The van der Waals surface area contributed by atoms with Gasteiger partial charge in [-0.25, -0.2) is 0 Å². The molecule has 1 aliphatic heterocycles. The number of aryl methyl sites for hydroxylation is 1. The van der Waals surface area contributed by atoms with Gasteiger partial charge in [-0.3, -0.25) is 19.7 Å². The summed E-state index contributed by atoms with van der Waals surface area (Å²) >= 11 is 0. The van der Waals surface area contributed by atoms with Crippen LogP contribution in [-0.4, -0.2) is 33.2 Å². The Bertz CT molecular complexity index is 374. The van der Waals surface area contributed by atoms with E-state index in [1.54, 1.807) is 6.20 Å². The lowest BCUT2D eigenvalue weighted by Gasteiger charge is -2.32. The average molecular weight is 219 g/mol. The maximum Gasteiger partial charge on any atom is 0.135 e. The van der Waals surface area contributed by atoms with Gasteiger partial charge in [-0.15, -0.1) is 0 Å². The van der Waals surface area contributed by atoms with Crippen molar-refractivity contribution < 1.29 is 4.79 Å². The summed E-state index contributed by atoms with van der Waals surface area (Å²) in [6, 6.07) is 0.323. The standard InChI is InChI=1S/C12H17N3O/c1-9-6-14-11(7-13-9)8-15-4-3-12(16)5-10(15)2/h6-7,10H,3-5,8H2,1-2H3. The van der Waals surface area contributed by atoms with Crippen molar-refractivity contribution in [2.45, 2.75) is 39.3 Å². The van der Waals surface area contributed by atoms with E-state index in [9.17, 15) is 4.79 Å². The molecule has 0 aromatic carbocycles. The first kappa shape index (κ1) is 11.2. The minimum Gasteiger partial charge on any atom is -0.300 e. The summed E-state index contributed by atoms with van der Waals surface area (Å²) in [7, 11) is 0. The van der Waals surface area contributed by atoms with Crippen LogP contribution in [0.4, 0.5) is 0 Å². The van der Waals surface area contributed by atoms with Crippen LogP contribution in [0.2, 0.25) is 0 Å². The highest BCUT2D eigenvalue weighted by molar-refractivity contribution is 5.79. The zero-order valence-electron chi connectivity index (χ0n) is 9.81. The predicted molar refractivity (Wildman–Crippen MR) is 60.9 cm³/mol. The number of hydrogen-bond donors (Lipinski definition) is 0. The van der Waals surface area contributed by atoms with E-state index < -0.39 is 0 Å². The van der Waals surface area contributed by atoms with Crippen LogP contribution in [-0.2, 0) is 11.3 Å². The molecule has 2 heterocycles. The van der Waals surface area contributed by atoms with Crippen LogP contribution in [0.15, 0.2) is 12.4 Å². The van der Waals surface area contributed by atoms with E-state index in [0.29, 0.717) is 24.7 Å². The second-order valence-electron chi connectivity index (χ2n) is 4.46. The molecule has 0 spiro atoms. The van der Waals surface area contributed by atoms with Crippen molar-refractivity contribution in [3.05, 3.63) is 23.8 Å². The van der Waals surface area contributed by atoms with Gasteiger partial charge in [0.25, 0.3) is 0 Å². The number of piperidine rings is 1. The van der Waals surface area contributed by atoms with Crippen LogP contribution in [0.25, 0.3) is 0 Å². The molecule has 86 valence electrons. The second kappa shape index (κ2) is 4.70. The summed E-state index contributed by atoms with van der Waals surface area (Å²) < 4.78 is 0. The van der Waals surface area contributed by atoms with Crippen molar-refractivity contribution in [1.82, 2.24) is 14.9 Å². The zero-order valence-corrected chi connectivity index (χ0v) is 9.81. The SMILES string of the molecule is Cc1cnc(CN2CCC(=O)CC2C)cn1. The Labute approximate surface area is 95.7 Å². The van der Waals surface area contributed by atoms with Crippen LogP contribution in [0.5, 0.6) is 0 Å². The Morgan fingerprint density at radius 1 is 1.44 bits per heavy atom. The molecule has 2 rings (SSSR count). The minimum absolute atomic E-state index is 0.323. The van der Waals surface area contributed by atoms with Gasteiger partial charge in [0.15, 0.2) is 0 Å². The van der Waals surface area contributed by atoms with Gasteiger partial charge in [0.05, 0.1) is 11.4 Å². The molecule has 4 heteroatoms. The Kier molecular flexibility index (Phi) is 3.29. The van der Waals surface area contributed by atoms with Crippen LogP contribution in [0.3, 0.4) is 0 Å². The number of ketones is 1. The third-order valence-corrected chi connectivity index (χ3v) is 3.02. The van der Waals surface area contributed by atoms with Crippen molar-refractivity contribution in [3.8, 4) is 0 Å². The summed E-state index contributed by atoms with van der Waals surface area (Å²) in [6.07, 6.45) is 4.94. The van der Waals surface area contributed by atoms with Gasteiger partial charge in [0.1, 0.15) is 5.78 Å². The number of carbonyl (C=O) groups is 1. The van der Waals surface area contributed by atoms with Gasteiger partial charge in [0, 0.05) is 44.4 Å². The number of hydrogen-bond acceptors (Lipinski definition) is 4. The lowest BCUT2D eigenvalue weighted by molar-refractivity contribution is -0.123. The molecule has 1 aromatic heterocycles. The third-order valence-electron chi connectivity index (χ3n) is 3.02. The van der Waals surface area contributed by atoms with E-state index in [1.165, 1.54) is 0 Å². The quantitative estimate of drug-likeness (QED) is 0.753. The minimum atomic E-state index is 0.323. The van der Waals surface area contributed by atoms with Gasteiger partial charge in [-0.1, -0.05) is 0 Å². The van der Waals surface area contributed by atoms with Crippen LogP contribution < -0.4 is 0 Å². The summed E-state index contributed by atoms with van der Waals surface area (Å²) in [4.78, 5) is 22.1. The number of aromatic nitrogens is 2. The highest BCUT2D eigenvalue weighted by Crippen LogP contribution is 2.15. The molecule has 1 atom stereocenters. The normalized spacial score (nSPS) is 22.4. The highest BCUT2D eigenvalue weighted by atomic mass is 16.1. The molecular formula is C12H17N3O. The Morgan fingerprint density at radius 3 is 2.88 bits per heavy atom. The molecular weight excluding hydrogens is 202 g/mol. The molecule has 1 aliphatic rings. The lowest BCUT2D eigenvalue weighted by Crippen LogP contribution is -2.40. The fourth-order valence-electron chi connectivity index (χ4n) is 1.99. The Morgan fingerprint density at radius 2 is 2.25 bits per heavy atom. The predicted octanol–water partition coefficient (Wildman–Crippen LogP) is 1.34. The van der Waals surface area contributed by atoms with Crippen LogP contribution in [0.1, 0.15) is 31.2 Å². The van der Waals surface area contributed by atoms with Gasteiger partial charge in [-0.05, 0) is 13.8 Å². The average Bonchev–Trinajstić information content (AvgIpc) is 2.25. The molecule has 1 saturated heterocycles. The number of Topliss-reactive ketones (excluding diaryl/α,β-unsaturated/α-hetero) is 1. The molecule has 1 fully saturated rings. The molecule has 0 bridgehead atoms. The molecule has 0 N–H and O–H groups in total. The van der Waals surface area contributed by atoms with Crippen molar-refractivity contribution >= 4 is 5.78 Å². The van der Waals surface area contributed by atoms with Gasteiger partial charge in [0.2, 0.25) is 0 Å². The number of likely N-dealkylation sites (tertiary alicyclic amines) is 1. The number of rotatable bonds is 2.